The maximum atomic E-state index is 11.7. The molecule has 1 rings (SSSR count). The standard InChI is InChI=1S/C16H26N4O3.HI/c1-6-9-17-16(18-11-15(21)20(2)3)19-12-7-8-13(22-4)14(10-12)23-5;/h7-8,10H,6,9,11H2,1-5H3,(H2,17,18,19);1H. The summed E-state index contributed by atoms with van der Waals surface area (Å²) in [6.45, 7) is 2.90. The Morgan fingerprint density at radius 1 is 1.21 bits per heavy atom. The van der Waals surface area contributed by atoms with Crippen LogP contribution in [0.4, 0.5) is 5.69 Å². The fourth-order valence-corrected chi connectivity index (χ4v) is 1.72. The summed E-state index contributed by atoms with van der Waals surface area (Å²) in [6, 6.07) is 5.48. The molecule has 0 saturated carbocycles. The van der Waals surface area contributed by atoms with Crippen molar-refractivity contribution in [2.45, 2.75) is 13.3 Å². The fourth-order valence-electron chi connectivity index (χ4n) is 1.72. The highest BCUT2D eigenvalue weighted by Gasteiger charge is 2.08. The number of benzene rings is 1. The lowest BCUT2D eigenvalue weighted by Crippen LogP contribution is -2.33. The van der Waals surface area contributed by atoms with Crippen molar-refractivity contribution in [2.24, 2.45) is 4.99 Å². The molecule has 136 valence electrons. The summed E-state index contributed by atoms with van der Waals surface area (Å²) in [6.07, 6.45) is 0.953. The second kappa shape index (κ2) is 11.8. The first kappa shape index (κ1) is 22.3. The topological polar surface area (TPSA) is 75.2 Å². The molecule has 0 aliphatic carbocycles. The monoisotopic (exact) mass is 450 g/mol. The van der Waals surface area contributed by atoms with Gasteiger partial charge in [-0.2, -0.15) is 0 Å². The number of carbonyl (C=O) groups excluding carboxylic acids is 1. The van der Waals surface area contributed by atoms with Crippen molar-refractivity contribution in [1.82, 2.24) is 10.2 Å². The summed E-state index contributed by atoms with van der Waals surface area (Å²) < 4.78 is 10.5. The van der Waals surface area contributed by atoms with Crippen LogP contribution in [0.1, 0.15) is 13.3 Å². The Hall–Kier alpha value is -1.71. The Kier molecular flexibility index (Phi) is 10.9. The van der Waals surface area contributed by atoms with Gasteiger partial charge in [0, 0.05) is 32.4 Å². The van der Waals surface area contributed by atoms with Crippen LogP contribution >= 0.6 is 24.0 Å². The highest BCUT2D eigenvalue weighted by Crippen LogP contribution is 2.29. The Morgan fingerprint density at radius 2 is 1.88 bits per heavy atom. The molecular formula is C16H27IN4O3. The molecule has 0 aliphatic rings. The number of nitrogens with zero attached hydrogens (tertiary/aromatic N) is 2. The first-order valence-corrected chi connectivity index (χ1v) is 7.49. The minimum Gasteiger partial charge on any atom is -0.493 e. The van der Waals surface area contributed by atoms with Gasteiger partial charge in [0.2, 0.25) is 5.91 Å². The third-order valence-corrected chi connectivity index (χ3v) is 3.06. The number of methoxy groups -OCH3 is 2. The number of ether oxygens (including phenoxy) is 2. The van der Waals surface area contributed by atoms with Crippen LogP contribution in [0.3, 0.4) is 0 Å². The zero-order valence-electron chi connectivity index (χ0n) is 14.9. The van der Waals surface area contributed by atoms with Gasteiger partial charge in [-0.3, -0.25) is 4.79 Å². The molecule has 0 atom stereocenters. The Balaban J connectivity index is 0.00000529. The van der Waals surface area contributed by atoms with Crippen molar-refractivity contribution in [2.75, 3.05) is 46.7 Å². The number of aliphatic imine (C=N–C) groups is 1. The Bertz CT molecular complexity index is 550. The molecule has 7 nitrogen and oxygen atoms in total. The molecular weight excluding hydrogens is 423 g/mol. The number of guanidine groups is 1. The first-order valence-electron chi connectivity index (χ1n) is 7.49. The van der Waals surface area contributed by atoms with Crippen LogP contribution in [0, 0.1) is 0 Å². The highest BCUT2D eigenvalue weighted by molar-refractivity contribution is 14.0. The lowest BCUT2D eigenvalue weighted by atomic mass is 10.2. The number of anilines is 1. The van der Waals surface area contributed by atoms with E-state index in [1.807, 2.05) is 18.2 Å². The summed E-state index contributed by atoms with van der Waals surface area (Å²) in [5.74, 6) is 1.77. The summed E-state index contributed by atoms with van der Waals surface area (Å²) in [7, 11) is 6.59. The summed E-state index contributed by atoms with van der Waals surface area (Å²) in [5.41, 5.74) is 0.794. The van der Waals surface area contributed by atoms with Crippen LogP contribution in [-0.2, 0) is 4.79 Å². The Morgan fingerprint density at radius 3 is 2.42 bits per heavy atom. The smallest absolute Gasteiger partial charge is 0.243 e. The average molecular weight is 450 g/mol. The molecule has 24 heavy (non-hydrogen) atoms. The van der Waals surface area contributed by atoms with Crippen LogP contribution in [0.15, 0.2) is 23.2 Å². The van der Waals surface area contributed by atoms with Gasteiger partial charge in [0.1, 0.15) is 6.54 Å². The summed E-state index contributed by atoms with van der Waals surface area (Å²) >= 11 is 0. The minimum absolute atomic E-state index is 0. The molecule has 0 aromatic heterocycles. The van der Waals surface area contributed by atoms with E-state index in [2.05, 4.69) is 22.5 Å². The van der Waals surface area contributed by atoms with Crippen LogP contribution in [-0.4, -0.2) is 58.2 Å². The average Bonchev–Trinajstić information content (AvgIpc) is 2.56. The summed E-state index contributed by atoms with van der Waals surface area (Å²) in [5, 5.41) is 6.34. The van der Waals surface area contributed by atoms with E-state index < -0.39 is 0 Å². The van der Waals surface area contributed by atoms with Gasteiger partial charge in [-0.1, -0.05) is 6.92 Å². The van der Waals surface area contributed by atoms with Crippen LogP contribution in [0.5, 0.6) is 11.5 Å². The van der Waals surface area contributed by atoms with E-state index in [0.717, 1.165) is 18.7 Å². The molecule has 8 heteroatoms. The van der Waals surface area contributed by atoms with E-state index in [-0.39, 0.29) is 36.4 Å². The van der Waals surface area contributed by atoms with Crippen LogP contribution < -0.4 is 20.1 Å². The largest absolute Gasteiger partial charge is 0.493 e. The van der Waals surface area contributed by atoms with E-state index in [0.29, 0.717) is 17.5 Å². The predicted molar refractivity (Wildman–Crippen MR) is 108 cm³/mol. The molecule has 0 saturated heterocycles. The lowest BCUT2D eigenvalue weighted by molar-refractivity contribution is -0.127. The number of amides is 1. The molecule has 1 amide bonds. The molecule has 0 spiro atoms. The van der Waals surface area contributed by atoms with E-state index in [4.69, 9.17) is 9.47 Å². The van der Waals surface area contributed by atoms with Crippen molar-refractivity contribution in [1.29, 1.82) is 0 Å². The normalized spacial score (nSPS) is 10.5. The maximum absolute atomic E-state index is 11.7. The zero-order valence-corrected chi connectivity index (χ0v) is 17.2. The zero-order chi connectivity index (χ0) is 17.2. The molecule has 0 fully saturated rings. The molecule has 0 unspecified atom stereocenters. The van der Waals surface area contributed by atoms with E-state index in [1.54, 1.807) is 28.3 Å². The van der Waals surface area contributed by atoms with E-state index in [1.165, 1.54) is 4.90 Å². The second-order valence-corrected chi connectivity index (χ2v) is 5.07. The molecule has 2 N–H and O–H groups in total. The van der Waals surface area contributed by atoms with E-state index >= 15 is 0 Å². The molecule has 0 radical (unpaired) electrons. The van der Waals surface area contributed by atoms with Gasteiger partial charge in [-0.15, -0.1) is 24.0 Å². The molecule has 1 aromatic rings. The SMILES string of the molecule is CCCNC(=NCC(=O)N(C)C)Nc1ccc(OC)c(OC)c1.I. The fraction of sp³-hybridized carbons (Fsp3) is 0.500. The van der Waals surface area contributed by atoms with Crippen molar-refractivity contribution >= 4 is 41.5 Å². The maximum Gasteiger partial charge on any atom is 0.243 e. The van der Waals surface area contributed by atoms with Gasteiger partial charge >= 0.3 is 0 Å². The number of hydrogen-bond donors (Lipinski definition) is 2. The minimum atomic E-state index is -0.0603. The van der Waals surface area contributed by atoms with Gasteiger partial charge in [0.15, 0.2) is 17.5 Å². The third kappa shape index (κ3) is 7.24. The molecule has 0 aliphatic heterocycles. The van der Waals surface area contributed by atoms with Crippen molar-refractivity contribution in [3.63, 3.8) is 0 Å². The van der Waals surface area contributed by atoms with Crippen molar-refractivity contribution < 1.29 is 14.3 Å². The van der Waals surface area contributed by atoms with Gasteiger partial charge in [0.25, 0.3) is 0 Å². The number of hydrogen-bond acceptors (Lipinski definition) is 4. The van der Waals surface area contributed by atoms with Crippen molar-refractivity contribution in [3.8, 4) is 11.5 Å². The first-order chi connectivity index (χ1) is 11.0. The second-order valence-electron chi connectivity index (χ2n) is 5.07. The van der Waals surface area contributed by atoms with Gasteiger partial charge in [-0.05, 0) is 18.6 Å². The number of halogens is 1. The number of carbonyl (C=O) groups is 1. The van der Waals surface area contributed by atoms with Crippen LogP contribution in [0.2, 0.25) is 0 Å². The van der Waals surface area contributed by atoms with Gasteiger partial charge < -0.3 is 25.0 Å². The number of rotatable bonds is 7. The molecule has 1 aromatic carbocycles. The van der Waals surface area contributed by atoms with Crippen LogP contribution in [0.25, 0.3) is 0 Å². The highest BCUT2D eigenvalue weighted by atomic mass is 127. The third-order valence-electron chi connectivity index (χ3n) is 3.06. The Labute approximate surface area is 160 Å². The number of likely N-dealkylation sites (N-methyl/N-ethyl adjacent to an activating group) is 1. The number of nitrogens with one attached hydrogen (secondary N) is 2. The van der Waals surface area contributed by atoms with Crippen molar-refractivity contribution in [3.05, 3.63) is 18.2 Å². The molecule has 0 bridgehead atoms. The van der Waals surface area contributed by atoms with E-state index in [9.17, 15) is 4.79 Å². The predicted octanol–water partition coefficient (Wildman–Crippen LogP) is 2.18. The quantitative estimate of drug-likeness (QED) is 0.379. The van der Waals surface area contributed by atoms with Gasteiger partial charge in [-0.25, -0.2) is 4.99 Å². The van der Waals surface area contributed by atoms with Gasteiger partial charge in [0.05, 0.1) is 14.2 Å². The summed E-state index contributed by atoms with van der Waals surface area (Å²) in [4.78, 5) is 17.5. The lowest BCUT2D eigenvalue weighted by Gasteiger charge is -2.15. The molecule has 0 heterocycles.